The summed E-state index contributed by atoms with van der Waals surface area (Å²) < 4.78 is 0. The zero-order valence-electron chi connectivity index (χ0n) is 10.4. The Bertz CT molecular complexity index is 755. The Morgan fingerprint density at radius 2 is 2.15 bits per heavy atom. The molecule has 0 saturated heterocycles. The predicted octanol–water partition coefficient (Wildman–Crippen LogP) is 2.48. The third-order valence-corrected chi connectivity index (χ3v) is 2.99. The molecular formula is C13H11N5O2. The van der Waals surface area contributed by atoms with Crippen molar-refractivity contribution in [2.24, 2.45) is 0 Å². The zero-order chi connectivity index (χ0) is 13.9. The summed E-state index contributed by atoms with van der Waals surface area (Å²) in [4.78, 5) is 21.7. The van der Waals surface area contributed by atoms with Crippen LogP contribution in [0.15, 0.2) is 43.0 Å². The summed E-state index contributed by atoms with van der Waals surface area (Å²) in [5, 5.41) is 15.5. The van der Waals surface area contributed by atoms with Crippen LogP contribution in [0.3, 0.4) is 0 Å². The van der Waals surface area contributed by atoms with Crippen LogP contribution in [0.25, 0.3) is 10.8 Å². The average Bonchev–Trinajstić information content (AvgIpc) is 2.97. The number of imidazole rings is 1. The molecule has 0 aliphatic rings. The van der Waals surface area contributed by atoms with E-state index in [-0.39, 0.29) is 5.69 Å². The number of rotatable bonds is 4. The monoisotopic (exact) mass is 269 g/mol. The summed E-state index contributed by atoms with van der Waals surface area (Å²) in [5.74, 6) is 0.797. The number of anilines is 1. The lowest BCUT2D eigenvalue weighted by Gasteiger charge is -2.08. The Morgan fingerprint density at radius 3 is 2.90 bits per heavy atom. The largest absolute Gasteiger partial charge is 0.377 e. The smallest absolute Gasteiger partial charge is 0.278 e. The van der Waals surface area contributed by atoms with E-state index in [1.807, 2.05) is 0 Å². The van der Waals surface area contributed by atoms with Gasteiger partial charge in [-0.15, -0.1) is 0 Å². The lowest BCUT2D eigenvalue weighted by atomic mass is 10.1. The second-order valence-electron chi connectivity index (χ2n) is 4.20. The molecule has 2 aromatic heterocycles. The summed E-state index contributed by atoms with van der Waals surface area (Å²) in [6.07, 6.45) is 6.54. The molecule has 7 heteroatoms. The molecule has 0 spiro atoms. The van der Waals surface area contributed by atoms with Crippen LogP contribution < -0.4 is 5.32 Å². The van der Waals surface area contributed by atoms with E-state index in [1.165, 1.54) is 12.3 Å². The van der Waals surface area contributed by atoms with Crippen LogP contribution in [-0.4, -0.2) is 19.9 Å². The summed E-state index contributed by atoms with van der Waals surface area (Å²) in [6, 6.07) is 4.94. The van der Waals surface area contributed by atoms with E-state index < -0.39 is 4.92 Å². The first kappa shape index (κ1) is 12.1. The van der Waals surface area contributed by atoms with Crippen molar-refractivity contribution in [1.29, 1.82) is 0 Å². The van der Waals surface area contributed by atoms with Gasteiger partial charge in [-0.2, -0.15) is 0 Å². The molecule has 0 radical (unpaired) electrons. The van der Waals surface area contributed by atoms with E-state index in [0.717, 1.165) is 16.9 Å². The van der Waals surface area contributed by atoms with Crippen molar-refractivity contribution in [2.45, 2.75) is 6.54 Å². The molecule has 100 valence electrons. The summed E-state index contributed by atoms with van der Waals surface area (Å²) in [6.45, 7) is 0.516. The SMILES string of the molecule is O=[N+]([O-])c1ccc(NCc2ncc[nH]2)c2ccncc12. The van der Waals surface area contributed by atoms with E-state index in [9.17, 15) is 10.1 Å². The molecule has 0 aliphatic carbocycles. The van der Waals surface area contributed by atoms with Crippen LogP contribution in [0.2, 0.25) is 0 Å². The van der Waals surface area contributed by atoms with Gasteiger partial charge < -0.3 is 10.3 Å². The predicted molar refractivity (Wildman–Crippen MR) is 74.3 cm³/mol. The van der Waals surface area contributed by atoms with Crippen molar-refractivity contribution in [2.75, 3.05) is 5.32 Å². The van der Waals surface area contributed by atoms with Crippen LogP contribution in [0.1, 0.15) is 5.82 Å². The molecule has 20 heavy (non-hydrogen) atoms. The van der Waals surface area contributed by atoms with Crippen molar-refractivity contribution in [3.8, 4) is 0 Å². The van der Waals surface area contributed by atoms with Crippen molar-refractivity contribution >= 4 is 22.1 Å². The molecule has 0 aliphatic heterocycles. The molecule has 0 fully saturated rings. The molecule has 3 rings (SSSR count). The Hall–Kier alpha value is -2.96. The fourth-order valence-electron chi connectivity index (χ4n) is 2.06. The number of nitrogens with zero attached hydrogens (tertiary/aromatic N) is 3. The Labute approximate surface area is 113 Å². The number of pyridine rings is 1. The van der Waals surface area contributed by atoms with Gasteiger partial charge in [0.25, 0.3) is 5.69 Å². The molecule has 0 atom stereocenters. The Kier molecular flexibility index (Phi) is 3.00. The molecule has 3 aromatic rings. The molecule has 0 saturated carbocycles. The lowest BCUT2D eigenvalue weighted by molar-refractivity contribution is -0.383. The quantitative estimate of drug-likeness (QED) is 0.560. The molecule has 0 amide bonds. The highest BCUT2D eigenvalue weighted by molar-refractivity contribution is 5.99. The van der Waals surface area contributed by atoms with E-state index >= 15 is 0 Å². The van der Waals surface area contributed by atoms with Crippen LogP contribution in [0.4, 0.5) is 11.4 Å². The minimum Gasteiger partial charge on any atom is -0.377 e. The van der Waals surface area contributed by atoms with Gasteiger partial charge in [0.15, 0.2) is 0 Å². The number of aromatic amines is 1. The molecule has 1 aromatic carbocycles. The number of hydrogen-bond donors (Lipinski definition) is 2. The molecule has 2 N–H and O–H groups in total. The van der Waals surface area contributed by atoms with Gasteiger partial charge in [0.1, 0.15) is 5.82 Å². The van der Waals surface area contributed by atoms with Crippen molar-refractivity contribution < 1.29 is 4.92 Å². The molecule has 0 unspecified atom stereocenters. The third kappa shape index (κ3) is 2.16. The number of fused-ring (bicyclic) bond motifs is 1. The first-order chi connectivity index (χ1) is 9.75. The molecule has 2 heterocycles. The van der Waals surface area contributed by atoms with Crippen molar-refractivity contribution in [3.05, 3.63) is 58.9 Å². The molecule has 7 nitrogen and oxygen atoms in total. The second kappa shape index (κ2) is 4.96. The Balaban J connectivity index is 1.99. The number of nitrogens with one attached hydrogen (secondary N) is 2. The maximum Gasteiger partial charge on any atom is 0.278 e. The maximum atomic E-state index is 11.0. The number of non-ortho nitro benzene ring substituents is 1. The van der Waals surface area contributed by atoms with Crippen LogP contribution in [-0.2, 0) is 6.54 Å². The first-order valence-corrected chi connectivity index (χ1v) is 5.99. The number of benzene rings is 1. The van der Waals surface area contributed by atoms with Crippen molar-refractivity contribution in [1.82, 2.24) is 15.0 Å². The Morgan fingerprint density at radius 1 is 1.25 bits per heavy atom. The van der Waals surface area contributed by atoms with Crippen LogP contribution in [0.5, 0.6) is 0 Å². The average molecular weight is 269 g/mol. The number of H-pyrrole nitrogens is 1. The van der Waals surface area contributed by atoms with Crippen LogP contribution in [0, 0.1) is 10.1 Å². The van der Waals surface area contributed by atoms with Gasteiger partial charge in [0.05, 0.1) is 16.9 Å². The molecular weight excluding hydrogens is 258 g/mol. The first-order valence-electron chi connectivity index (χ1n) is 5.99. The van der Waals surface area contributed by atoms with Crippen LogP contribution >= 0.6 is 0 Å². The highest BCUT2D eigenvalue weighted by Gasteiger charge is 2.14. The van der Waals surface area contributed by atoms with Crippen molar-refractivity contribution in [3.63, 3.8) is 0 Å². The number of nitro groups is 1. The lowest BCUT2D eigenvalue weighted by Crippen LogP contribution is -2.02. The summed E-state index contributed by atoms with van der Waals surface area (Å²) in [5.41, 5.74) is 0.862. The van der Waals surface area contributed by atoms with Gasteiger partial charge in [0.2, 0.25) is 0 Å². The minimum absolute atomic E-state index is 0.0525. The van der Waals surface area contributed by atoms with E-state index in [4.69, 9.17) is 0 Å². The van der Waals surface area contributed by atoms with Gasteiger partial charge in [-0.25, -0.2) is 4.98 Å². The number of aromatic nitrogens is 3. The summed E-state index contributed by atoms with van der Waals surface area (Å²) >= 11 is 0. The highest BCUT2D eigenvalue weighted by Crippen LogP contribution is 2.30. The number of nitro benzene ring substituents is 1. The normalized spacial score (nSPS) is 10.6. The van der Waals surface area contributed by atoms with E-state index in [0.29, 0.717) is 11.9 Å². The topological polar surface area (TPSA) is 96.7 Å². The highest BCUT2D eigenvalue weighted by atomic mass is 16.6. The number of hydrogen-bond acceptors (Lipinski definition) is 5. The minimum atomic E-state index is -0.402. The zero-order valence-corrected chi connectivity index (χ0v) is 10.4. The standard InChI is InChI=1S/C13H11N5O2/c19-18(20)12-2-1-11(9-3-4-14-7-10(9)12)17-8-13-15-5-6-16-13/h1-7,17H,8H2,(H,15,16). The summed E-state index contributed by atoms with van der Waals surface area (Å²) in [7, 11) is 0. The third-order valence-electron chi connectivity index (χ3n) is 2.99. The molecule has 0 bridgehead atoms. The fraction of sp³-hybridized carbons (Fsp3) is 0.0769. The van der Waals surface area contributed by atoms with Gasteiger partial charge in [-0.05, 0) is 12.1 Å². The fourth-order valence-corrected chi connectivity index (χ4v) is 2.06. The van der Waals surface area contributed by atoms with E-state index in [2.05, 4.69) is 20.3 Å². The second-order valence-corrected chi connectivity index (χ2v) is 4.20. The van der Waals surface area contributed by atoms with E-state index in [1.54, 1.807) is 30.7 Å². The maximum absolute atomic E-state index is 11.0. The van der Waals surface area contributed by atoms with Gasteiger partial charge in [-0.3, -0.25) is 15.1 Å². The van der Waals surface area contributed by atoms with Gasteiger partial charge in [0, 0.05) is 41.9 Å². The van der Waals surface area contributed by atoms with Gasteiger partial charge >= 0.3 is 0 Å². The van der Waals surface area contributed by atoms with Gasteiger partial charge in [-0.1, -0.05) is 0 Å².